The maximum Gasteiger partial charge on any atom is 0.312 e. The van der Waals surface area contributed by atoms with Gasteiger partial charge in [-0.3, -0.25) is 9.59 Å². The molecule has 3 rings (SSSR count). The van der Waals surface area contributed by atoms with E-state index in [1.165, 1.54) is 41.3 Å². The highest BCUT2D eigenvalue weighted by Crippen LogP contribution is 2.28. The molecule has 1 aromatic heterocycles. The van der Waals surface area contributed by atoms with E-state index in [2.05, 4.69) is 15.4 Å². The van der Waals surface area contributed by atoms with E-state index in [9.17, 15) is 19.1 Å². The van der Waals surface area contributed by atoms with Gasteiger partial charge in [-0.25, -0.2) is 14.1 Å². The van der Waals surface area contributed by atoms with Gasteiger partial charge in [0.25, 0.3) is 5.91 Å². The van der Waals surface area contributed by atoms with Gasteiger partial charge in [0.1, 0.15) is 18.0 Å². The molecule has 0 aliphatic carbocycles. The first-order valence-electron chi connectivity index (χ1n) is 8.40. The van der Waals surface area contributed by atoms with E-state index in [0.717, 1.165) is 6.07 Å². The van der Waals surface area contributed by atoms with E-state index in [1.54, 1.807) is 6.92 Å². The van der Waals surface area contributed by atoms with Crippen LogP contribution in [0, 0.1) is 12.7 Å². The lowest BCUT2D eigenvalue weighted by Gasteiger charge is -2.15. The molecule has 0 saturated carbocycles. The number of aryl methyl sites for hydroxylation is 1. The van der Waals surface area contributed by atoms with Crippen LogP contribution in [0.3, 0.4) is 0 Å². The Hall–Kier alpha value is -2.97. The van der Waals surface area contributed by atoms with E-state index >= 15 is 0 Å². The molecular formula is C19H15Cl2FN4O3. The largest absolute Gasteiger partial charge is 0.481 e. The Kier molecular flexibility index (Phi) is 6.14. The van der Waals surface area contributed by atoms with Gasteiger partial charge >= 0.3 is 5.97 Å². The van der Waals surface area contributed by atoms with E-state index in [0.29, 0.717) is 11.5 Å². The van der Waals surface area contributed by atoms with Crippen molar-refractivity contribution in [2.45, 2.75) is 12.8 Å². The van der Waals surface area contributed by atoms with Crippen LogP contribution in [0.25, 0.3) is 5.69 Å². The minimum atomic E-state index is -1.20. The summed E-state index contributed by atoms with van der Waals surface area (Å²) in [6.07, 6.45) is 1.48. The molecule has 1 heterocycles. The van der Waals surface area contributed by atoms with Crippen LogP contribution >= 0.6 is 23.2 Å². The summed E-state index contributed by atoms with van der Waals surface area (Å²) < 4.78 is 14.9. The summed E-state index contributed by atoms with van der Waals surface area (Å²) in [4.78, 5) is 28.2. The second kappa shape index (κ2) is 8.59. The van der Waals surface area contributed by atoms with Crippen LogP contribution in [0.1, 0.15) is 27.7 Å². The topological polar surface area (TPSA) is 97.1 Å². The third-order valence-electron chi connectivity index (χ3n) is 4.14. The number of nitrogens with one attached hydrogen (secondary N) is 1. The summed E-state index contributed by atoms with van der Waals surface area (Å²) >= 11 is 12.5. The zero-order valence-electron chi connectivity index (χ0n) is 15.1. The zero-order valence-corrected chi connectivity index (χ0v) is 16.6. The van der Waals surface area contributed by atoms with Crippen molar-refractivity contribution in [1.82, 2.24) is 20.1 Å². The predicted octanol–water partition coefficient (Wildman–Crippen LogP) is 3.62. The van der Waals surface area contributed by atoms with Crippen LogP contribution in [0.2, 0.25) is 10.0 Å². The van der Waals surface area contributed by atoms with Gasteiger partial charge in [-0.1, -0.05) is 35.3 Å². The van der Waals surface area contributed by atoms with E-state index in [1.807, 2.05) is 0 Å². The Morgan fingerprint density at radius 3 is 2.48 bits per heavy atom. The summed E-state index contributed by atoms with van der Waals surface area (Å²) in [6.45, 7) is 1.45. The molecule has 0 saturated heterocycles. The number of benzene rings is 2. The summed E-state index contributed by atoms with van der Waals surface area (Å²) in [6, 6.07) is 8.19. The number of carboxylic acids is 1. The normalized spacial score (nSPS) is 11.9. The molecular weight excluding hydrogens is 422 g/mol. The minimum absolute atomic E-state index is 0.00250. The van der Waals surface area contributed by atoms with Crippen LogP contribution in [0.5, 0.6) is 0 Å². The van der Waals surface area contributed by atoms with Gasteiger partial charge in [0.2, 0.25) is 0 Å². The van der Waals surface area contributed by atoms with Crippen LogP contribution < -0.4 is 5.32 Å². The molecule has 7 nitrogen and oxygen atoms in total. The molecule has 29 heavy (non-hydrogen) atoms. The molecule has 1 unspecified atom stereocenters. The number of hydrogen-bond donors (Lipinski definition) is 2. The minimum Gasteiger partial charge on any atom is -0.481 e. The van der Waals surface area contributed by atoms with Gasteiger partial charge in [0, 0.05) is 6.54 Å². The van der Waals surface area contributed by atoms with Gasteiger partial charge in [-0.15, -0.1) is 0 Å². The fourth-order valence-corrected chi connectivity index (χ4v) is 3.38. The highest BCUT2D eigenvalue weighted by atomic mass is 35.5. The average molecular weight is 437 g/mol. The van der Waals surface area contributed by atoms with Gasteiger partial charge in [-0.05, 0) is 36.8 Å². The number of aromatic nitrogens is 3. The number of aliphatic carboxylic acids is 1. The van der Waals surface area contributed by atoms with Crippen molar-refractivity contribution >= 4 is 35.1 Å². The van der Waals surface area contributed by atoms with Crippen LogP contribution in [-0.2, 0) is 4.79 Å². The number of carbonyl (C=O) groups excluding carboxylic acids is 1. The molecule has 10 heteroatoms. The maximum atomic E-state index is 13.4. The van der Waals surface area contributed by atoms with Crippen molar-refractivity contribution in [2.75, 3.05) is 6.54 Å². The van der Waals surface area contributed by atoms with Crippen molar-refractivity contribution in [3.05, 3.63) is 75.5 Å². The number of carboxylic acid groups (broad SMARTS) is 1. The van der Waals surface area contributed by atoms with E-state index < -0.39 is 23.6 Å². The Bertz CT molecular complexity index is 1060. The number of hydrogen-bond acceptors (Lipinski definition) is 4. The third-order valence-corrected chi connectivity index (χ3v) is 4.74. The van der Waals surface area contributed by atoms with Crippen LogP contribution in [-0.4, -0.2) is 38.3 Å². The summed E-state index contributed by atoms with van der Waals surface area (Å²) in [5.41, 5.74) is 0.740. The van der Waals surface area contributed by atoms with Crippen molar-refractivity contribution in [2.24, 2.45) is 0 Å². The number of amides is 1. The highest BCUT2D eigenvalue weighted by Gasteiger charge is 2.23. The average Bonchev–Trinajstić information content (AvgIpc) is 3.07. The van der Waals surface area contributed by atoms with E-state index in [-0.39, 0.29) is 27.7 Å². The summed E-state index contributed by atoms with van der Waals surface area (Å²) in [5, 5.41) is 16.2. The molecule has 0 radical (unpaired) electrons. The fraction of sp³-hybridized carbons (Fsp3) is 0.158. The number of carbonyl (C=O) groups is 2. The third kappa shape index (κ3) is 4.72. The monoisotopic (exact) mass is 436 g/mol. The van der Waals surface area contributed by atoms with Crippen molar-refractivity contribution in [1.29, 1.82) is 0 Å². The van der Waals surface area contributed by atoms with Crippen molar-refractivity contribution < 1.29 is 19.1 Å². The van der Waals surface area contributed by atoms with Gasteiger partial charge in [0.15, 0.2) is 0 Å². The predicted molar refractivity (Wildman–Crippen MR) is 105 cm³/mol. The molecule has 0 bridgehead atoms. The van der Waals surface area contributed by atoms with Gasteiger partial charge in [0.05, 0.1) is 27.2 Å². The smallest absolute Gasteiger partial charge is 0.312 e. The van der Waals surface area contributed by atoms with Crippen molar-refractivity contribution in [3.63, 3.8) is 0 Å². The molecule has 2 N–H and O–H groups in total. The molecule has 0 aliphatic heterocycles. The molecule has 150 valence electrons. The second-order valence-corrected chi connectivity index (χ2v) is 6.99. The molecule has 1 amide bonds. The highest BCUT2D eigenvalue weighted by molar-refractivity contribution is 6.40. The lowest BCUT2D eigenvalue weighted by molar-refractivity contribution is -0.138. The zero-order chi connectivity index (χ0) is 21.1. The first kappa shape index (κ1) is 20.8. The Morgan fingerprint density at radius 1 is 1.24 bits per heavy atom. The van der Waals surface area contributed by atoms with E-state index in [4.69, 9.17) is 23.2 Å². The maximum absolute atomic E-state index is 13.4. The fourth-order valence-electron chi connectivity index (χ4n) is 2.73. The standard InChI is InChI=1S/C19H15Cl2FN4O3/c1-10-24-9-26(25-10)13-6-15(20)17(16(21)7-13)18(27)23-8-14(19(28)29)11-3-2-4-12(22)5-11/h2-7,9,14H,8H2,1H3,(H,23,27)(H,28,29). The lowest BCUT2D eigenvalue weighted by atomic mass is 9.99. The molecule has 0 aliphatic rings. The quantitative estimate of drug-likeness (QED) is 0.614. The molecule has 3 aromatic rings. The van der Waals surface area contributed by atoms with Gasteiger partial charge < -0.3 is 10.4 Å². The Labute approximate surface area is 175 Å². The summed E-state index contributed by atoms with van der Waals surface area (Å²) in [5.74, 6) is -3.00. The Balaban J connectivity index is 1.80. The van der Waals surface area contributed by atoms with Crippen molar-refractivity contribution in [3.8, 4) is 5.69 Å². The Morgan fingerprint density at radius 2 is 1.93 bits per heavy atom. The molecule has 2 aromatic carbocycles. The molecule has 0 spiro atoms. The number of nitrogens with zero attached hydrogens (tertiary/aromatic N) is 3. The SMILES string of the molecule is Cc1ncn(-c2cc(Cl)c(C(=O)NCC(C(=O)O)c3cccc(F)c3)c(Cl)c2)n1. The first-order chi connectivity index (χ1) is 13.8. The number of rotatable bonds is 6. The molecule has 0 fully saturated rings. The molecule has 1 atom stereocenters. The summed E-state index contributed by atoms with van der Waals surface area (Å²) in [7, 11) is 0. The second-order valence-electron chi connectivity index (χ2n) is 6.18. The van der Waals surface area contributed by atoms with Crippen LogP contribution in [0.15, 0.2) is 42.7 Å². The number of halogens is 3. The van der Waals surface area contributed by atoms with Gasteiger partial charge in [-0.2, -0.15) is 5.10 Å². The first-order valence-corrected chi connectivity index (χ1v) is 9.16. The lowest BCUT2D eigenvalue weighted by Crippen LogP contribution is -2.32. The van der Waals surface area contributed by atoms with Crippen LogP contribution in [0.4, 0.5) is 4.39 Å².